The first-order valence-electron chi connectivity index (χ1n) is 12.9. The number of hydrogen-bond acceptors (Lipinski definition) is 9. The molecule has 13 nitrogen and oxygen atoms in total. The van der Waals surface area contributed by atoms with Gasteiger partial charge in [0.1, 0.15) is 36.0 Å². The number of carboxylic acids is 1. The molecule has 0 aromatic rings. The standard InChI is InChI=1S/C25H43N3O10/c1-13(27-23(33)38-24(3,4)5)20(30)28-15(11-9-10-12-16(29)26-14(2)21(31)32)17-18(34-8)19-22(35-17)37-25(6,7)36-19/h13-15,17-19,22H,9-12H2,1-8H3,(H,26,29)(H,27,33)(H,28,30)(H,31,32)/t13-,14-,15-,17+,18-,19+,22+/m0/s1. The normalized spacial score (nSPS) is 26.5. The fraction of sp³-hybridized carbons (Fsp3) is 0.840. The number of fused-ring (bicyclic) bond motifs is 1. The summed E-state index contributed by atoms with van der Waals surface area (Å²) in [6, 6.07) is -2.44. The van der Waals surface area contributed by atoms with Crippen LogP contribution in [0.2, 0.25) is 0 Å². The zero-order valence-electron chi connectivity index (χ0n) is 23.5. The van der Waals surface area contributed by atoms with Gasteiger partial charge in [-0.15, -0.1) is 0 Å². The second kappa shape index (κ2) is 13.0. The maximum atomic E-state index is 13.0. The molecule has 2 rings (SSSR count). The minimum atomic E-state index is -1.11. The lowest BCUT2D eigenvalue weighted by molar-refractivity contribution is -0.220. The maximum absolute atomic E-state index is 13.0. The van der Waals surface area contributed by atoms with E-state index < -0.39 is 72.1 Å². The molecule has 13 heteroatoms. The molecule has 3 amide bonds. The Labute approximate surface area is 223 Å². The number of methoxy groups -OCH3 is 1. The summed E-state index contributed by atoms with van der Waals surface area (Å²) in [7, 11) is 1.53. The van der Waals surface area contributed by atoms with Crippen molar-refractivity contribution in [1.29, 1.82) is 0 Å². The van der Waals surface area contributed by atoms with Crippen LogP contribution in [0, 0.1) is 0 Å². The summed E-state index contributed by atoms with van der Waals surface area (Å²) in [4.78, 5) is 48.1. The van der Waals surface area contributed by atoms with Gasteiger partial charge in [-0.25, -0.2) is 4.79 Å². The Balaban J connectivity index is 2.04. The second-order valence-corrected chi connectivity index (χ2v) is 11.1. The lowest BCUT2D eigenvalue weighted by Crippen LogP contribution is -2.54. The SMILES string of the molecule is CO[C@@H]1[C@H]2OC(C)(C)O[C@H]2O[C@@H]1[C@H](CCCCC(=O)N[C@@H](C)C(=O)O)NC(=O)[C@H](C)NC(=O)OC(C)(C)C. The summed E-state index contributed by atoms with van der Waals surface area (Å²) >= 11 is 0. The van der Waals surface area contributed by atoms with Gasteiger partial charge in [0.2, 0.25) is 11.8 Å². The molecule has 2 saturated heterocycles. The van der Waals surface area contributed by atoms with Gasteiger partial charge in [0.05, 0.1) is 6.04 Å². The van der Waals surface area contributed by atoms with E-state index in [0.29, 0.717) is 19.3 Å². The lowest BCUT2D eigenvalue weighted by Gasteiger charge is -2.31. The number of aliphatic carboxylic acids is 1. The first-order chi connectivity index (χ1) is 17.5. The number of nitrogens with one attached hydrogen (secondary N) is 3. The van der Waals surface area contributed by atoms with E-state index in [1.165, 1.54) is 21.0 Å². The molecular weight excluding hydrogens is 502 g/mol. The first kappa shape index (κ1) is 31.7. The van der Waals surface area contributed by atoms with Crippen LogP contribution >= 0.6 is 0 Å². The van der Waals surface area contributed by atoms with Gasteiger partial charge in [-0.05, 0) is 61.3 Å². The maximum Gasteiger partial charge on any atom is 0.408 e. The van der Waals surface area contributed by atoms with Crippen molar-refractivity contribution in [1.82, 2.24) is 16.0 Å². The predicted molar refractivity (Wildman–Crippen MR) is 134 cm³/mol. The van der Waals surface area contributed by atoms with Crippen molar-refractivity contribution in [3.63, 3.8) is 0 Å². The minimum absolute atomic E-state index is 0.125. The minimum Gasteiger partial charge on any atom is -0.480 e. The summed E-state index contributed by atoms with van der Waals surface area (Å²) in [5.74, 6) is -2.78. The van der Waals surface area contributed by atoms with Crippen molar-refractivity contribution in [2.45, 2.75) is 128 Å². The summed E-state index contributed by atoms with van der Waals surface area (Å²) in [5.41, 5.74) is -0.716. The van der Waals surface area contributed by atoms with E-state index in [0.717, 1.165) is 0 Å². The number of carbonyl (C=O) groups excluding carboxylic acids is 3. The van der Waals surface area contributed by atoms with Crippen molar-refractivity contribution >= 4 is 23.9 Å². The van der Waals surface area contributed by atoms with Crippen LogP contribution in [0.15, 0.2) is 0 Å². The zero-order chi connectivity index (χ0) is 28.8. The van der Waals surface area contributed by atoms with Crippen LogP contribution < -0.4 is 16.0 Å². The molecule has 0 saturated carbocycles. The number of amides is 3. The smallest absolute Gasteiger partial charge is 0.408 e. The third kappa shape index (κ3) is 9.37. The van der Waals surface area contributed by atoms with Crippen LogP contribution in [0.4, 0.5) is 4.79 Å². The van der Waals surface area contributed by atoms with E-state index in [-0.39, 0.29) is 12.3 Å². The molecule has 2 aliphatic rings. The zero-order valence-corrected chi connectivity index (χ0v) is 23.5. The van der Waals surface area contributed by atoms with Crippen LogP contribution in [0.1, 0.15) is 74.1 Å². The van der Waals surface area contributed by atoms with Gasteiger partial charge < -0.3 is 44.7 Å². The van der Waals surface area contributed by atoms with Crippen molar-refractivity contribution in [3.8, 4) is 0 Å². The van der Waals surface area contributed by atoms with Crippen LogP contribution in [0.5, 0.6) is 0 Å². The quantitative estimate of drug-likeness (QED) is 0.263. The Hall–Kier alpha value is -2.48. The molecule has 0 unspecified atom stereocenters. The van der Waals surface area contributed by atoms with Crippen molar-refractivity contribution in [2.75, 3.05) is 7.11 Å². The molecular formula is C25H43N3O10. The average Bonchev–Trinajstić information content (AvgIpc) is 3.25. The van der Waals surface area contributed by atoms with E-state index in [4.69, 9.17) is 28.8 Å². The fourth-order valence-corrected chi connectivity index (χ4v) is 4.30. The molecule has 0 spiro atoms. The Bertz CT molecular complexity index is 859. The van der Waals surface area contributed by atoms with Crippen molar-refractivity contribution < 1.29 is 48.0 Å². The number of carbonyl (C=O) groups is 4. The van der Waals surface area contributed by atoms with Crippen molar-refractivity contribution in [3.05, 3.63) is 0 Å². The highest BCUT2D eigenvalue weighted by Crippen LogP contribution is 2.40. The molecule has 2 aliphatic heterocycles. The van der Waals surface area contributed by atoms with Gasteiger partial charge in [0, 0.05) is 13.5 Å². The van der Waals surface area contributed by atoms with E-state index in [9.17, 15) is 19.2 Å². The van der Waals surface area contributed by atoms with E-state index >= 15 is 0 Å². The molecule has 7 atom stereocenters. The summed E-state index contributed by atoms with van der Waals surface area (Å²) < 4.78 is 28.9. The van der Waals surface area contributed by atoms with Gasteiger partial charge in [0.25, 0.3) is 0 Å². The van der Waals surface area contributed by atoms with Gasteiger partial charge in [-0.2, -0.15) is 0 Å². The molecule has 218 valence electrons. The Morgan fingerprint density at radius 3 is 2.24 bits per heavy atom. The summed E-state index contributed by atoms with van der Waals surface area (Å²) in [6.07, 6.45) is -1.55. The molecule has 2 fully saturated rings. The Morgan fingerprint density at radius 2 is 1.66 bits per heavy atom. The van der Waals surface area contributed by atoms with Gasteiger partial charge in [0.15, 0.2) is 12.1 Å². The Kier molecular flexibility index (Phi) is 10.9. The van der Waals surface area contributed by atoms with E-state index in [1.54, 1.807) is 34.6 Å². The van der Waals surface area contributed by atoms with E-state index in [1.807, 2.05) is 0 Å². The lowest BCUT2D eigenvalue weighted by atomic mass is 9.97. The number of carboxylic acid groups (broad SMARTS) is 1. The van der Waals surface area contributed by atoms with E-state index in [2.05, 4.69) is 16.0 Å². The average molecular weight is 546 g/mol. The first-order valence-corrected chi connectivity index (χ1v) is 12.9. The third-order valence-electron chi connectivity index (χ3n) is 6.07. The third-order valence-corrected chi connectivity index (χ3v) is 6.07. The van der Waals surface area contributed by atoms with Gasteiger partial charge >= 0.3 is 12.1 Å². The number of hydrogen-bond donors (Lipinski definition) is 4. The highest BCUT2D eigenvalue weighted by Gasteiger charge is 2.57. The number of rotatable bonds is 12. The monoisotopic (exact) mass is 545 g/mol. The summed E-state index contributed by atoms with van der Waals surface area (Å²) in [5, 5.41) is 16.8. The van der Waals surface area contributed by atoms with Crippen LogP contribution in [0.3, 0.4) is 0 Å². The highest BCUT2D eigenvalue weighted by atomic mass is 16.8. The molecule has 0 aliphatic carbocycles. The number of ether oxygens (including phenoxy) is 5. The molecule has 2 heterocycles. The van der Waals surface area contributed by atoms with Crippen LogP contribution in [-0.4, -0.2) is 90.2 Å². The largest absolute Gasteiger partial charge is 0.480 e. The second-order valence-electron chi connectivity index (χ2n) is 11.1. The number of unbranched alkanes of at least 4 members (excludes halogenated alkanes) is 1. The highest BCUT2D eigenvalue weighted by molar-refractivity contribution is 5.85. The van der Waals surface area contributed by atoms with Gasteiger partial charge in [-0.1, -0.05) is 6.42 Å². The topological polar surface area (TPSA) is 171 Å². The molecule has 38 heavy (non-hydrogen) atoms. The molecule has 0 aromatic heterocycles. The summed E-state index contributed by atoms with van der Waals surface area (Å²) in [6.45, 7) is 11.6. The fourth-order valence-electron chi connectivity index (χ4n) is 4.30. The van der Waals surface area contributed by atoms with Crippen molar-refractivity contribution in [2.24, 2.45) is 0 Å². The molecule has 0 radical (unpaired) electrons. The Morgan fingerprint density at radius 1 is 1.00 bits per heavy atom. The van der Waals surface area contributed by atoms with Gasteiger partial charge in [-0.3, -0.25) is 14.4 Å². The van der Waals surface area contributed by atoms with Crippen LogP contribution in [-0.2, 0) is 38.1 Å². The molecule has 0 aromatic carbocycles. The predicted octanol–water partition coefficient (Wildman–Crippen LogP) is 1.43. The molecule has 0 bridgehead atoms. The molecule has 4 N–H and O–H groups in total. The number of alkyl carbamates (subject to hydrolysis) is 1. The van der Waals surface area contributed by atoms with Crippen LogP contribution in [0.25, 0.3) is 0 Å².